The summed E-state index contributed by atoms with van der Waals surface area (Å²) < 4.78 is 22.1. The average molecular weight is 202 g/mol. The number of hydrogen-bond donors (Lipinski definition) is 0. The molecule has 0 heterocycles. The average Bonchev–Trinajstić information content (AvgIpc) is 2.04. The van der Waals surface area contributed by atoms with E-state index in [0.29, 0.717) is 0 Å². The third-order valence-electron chi connectivity index (χ3n) is 1.47. The van der Waals surface area contributed by atoms with Gasteiger partial charge in [0.25, 0.3) is 0 Å². The maximum absolute atomic E-state index is 11.0. The van der Waals surface area contributed by atoms with Crippen LogP contribution in [0.25, 0.3) is 0 Å². The first-order valence-electron chi connectivity index (χ1n) is 3.38. The van der Waals surface area contributed by atoms with Gasteiger partial charge < -0.3 is 0 Å². The van der Waals surface area contributed by atoms with Gasteiger partial charge in [0.2, 0.25) is 0 Å². The molecule has 1 aromatic rings. The van der Waals surface area contributed by atoms with Crippen LogP contribution in [0.3, 0.4) is 0 Å². The van der Waals surface area contributed by atoms with Gasteiger partial charge in [-0.05, 0) is 18.2 Å². The smallest absolute Gasteiger partial charge is 0.0498 e. The SMILES string of the molecule is CS(=O)c1cccc(S(C)=O)c1. The van der Waals surface area contributed by atoms with Crippen LogP contribution in [0.1, 0.15) is 0 Å². The lowest BCUT2D eigenvalue weighted by Gasteiger charge is -1.98. The Labute approximate surface area is 76.9 Å². The van der Waals surface area contributed by atoms with Crippen molar-refractivity contribution in [1.82, 2.24) is 0 Å². The Balaban J connectivity index is 3.12. The molecule has 0 N–H and O–H groups in total. The monoisotopic (exact) mass is 202 g/mol. The molecule has 0 aromatic heterocycles. The Morgan fingerprint density at radius 1 is 1.00 bits per heavy atom. The fraction of sp³-hybridized carbons (Fsp3) is 0.250. The Kier molecular flexibility index (Phi) is 3.17. The summed E-state index contributed by atoms with van der Waals surface area (Å²) in [4.78, 5) is 1.45. The topological polar surface area (TPSA) is 34.1 Å². The Morgan fingerprint density at radius 2 is 1.42 bits per heavy atom. The number of benzene rings is 1. The Morgan fingerprint density at radius 3 is 1.75 bits per heavy atom. The summed E-state index contributed by atoms with van der Waals surface area (Å²) in [5.74, 6) is 0. The first-order chi connectivity index (χ1) is 5.61. The summed E-state index contributed by atoms with van der Waals surface area (Å²) in [6, 6.07) is 7.03. The molecule has 0 fully saturated rings. The second-order valence-corrected chi connectivity index (χ2v) is 5.14. The molecule has 0 aliphatic carbocycles. The molecule has 66 valence electrons. The van der Waals surface area contributed by atoms with Crippen LogP contribution >= 0.6 is 0 Å². The summed E-state index contributed by atoms with van der Waals surface area (Å²) in [5.41, 5.74) is 0. The van der Waals surface area contributed by atoms with Crippen molar-refractivity contribution in [3.05, 3.63) is 24.3 Å². The minimum absolute atomic E-state index is 0.725. The molecule has 1 aromatic carbocycles. The highest BCUT2D eigenvalue weighted by Crippen LogP contribution is 2.10. The van der Waals surface area contributed by atoms with E-state index in [1.165, 1.54) is 0 Å². The predicted molar refractivity (Wildman–Crippen MR) is 51.1 cm³/mol. The zero-order chi connectivity index (χ0) is 9.14. The van der Waals surface area contributed by atoms with Crippen molar-refractivity contribution in [3.63, 3.8) is 0 Å². The molecule has 1 rings (SSSR count). The largest absolute Gasteiger partial charge is 0.255 e. The third kappa shape index (κ3) is 2.25. The maximum atomic E-state index is 11.0. The number of rotatable bonds is 2. The van der Waals surface area contributed by atoms with Gasteiger partial charge in [-0.25, -0.2) is 0 Å². The highest BCUT2D eigenvalue weighted by atomic mass is 32.2. The minimum Gasteiger partial charge on any atom is -0.255 e. The van der Waals surface area contributed by atoms with Crippen LogP contribution in [0.15, 0.2) is 34.1 Å². The van der Waals surface area contributed by atoms with Gasteiger partial charge in [-0.2, -0.15) is 0 Å². The van der Waals surface area contributed by atoms with Crippen LogP contribution in [0.5, 0.6) is 0 Å². The van der Waals surface area contributed by atoms with Crippen LogP contribution in [-0.4, -0.2) is 20.9 Å². The second kappa shape index (κ2) is 3.96. The molecule has 4 heteroatoms. The lowest BCUT2D eigenvalue weighted by molar-refractivity contribution is 0.685. The molecule has 2 unspecified atom stereocenters. The van der Waals surface area contributed by atoms with Gasteiger partial charge in [0, 0.05) is 43.9 Å². The Hall–Kier alpha value is -0.480. The zero-order valence-electron chi connectivity index (χ0n) is 6.94. The lowest BCUT2D eigenvalue weighted by atomic mass is 10.4. The van der Waals surface area contributed by atoms with E-state index >= 15 is 0 Å². The summed E-state index contributed by atoms with van der Waals surface area (Å²) >= 11 is 0. The highest BCUT2D eigenvalue weighted by Gasteiger charge is 2.00. The van der Waals surface area contributed by atoms with Gasteiger partial charge in [-0.3, -0.25) is 8.42 Å². The maximum Gasteiger partial charge on any atom is 0.0498 e. The molecule has 2 nitrogen and oxygen atoms in total. The van der Waals surface area contributed by atoms with Crippen LogP contribution in [0.4, 0.5) is 0 Å². The molecule has 0 bridgehead atoms. The van der Waals surface area contributed by atoms with Crippen molar-refractivity contribution in [3.8, 4) is 0 Å². The van der Waals surface area contributed by atoms with Gasteiger partial charge in [0.05, 0.1) is 0 Å². The molecule has 12 heavy (non-hydrogen) atoms. The van der Waals surface area contributed by atoms with E-state index in [1.807, 2.05) is 0 Å². The van der Waals surface area contributed by atoms with Crippen LogP contribution in [0, 0.1) is 0 Å². The fourth-order valence-electron chi connectivity index (χ4n) is 0.832. The number of hydrogen-bond acceptors (Lipinski definition) is 2. The normalized spacial score (nSPS) is 15.5. The molecular weight excluding hydrogens is 192 g/mol. The van der Waals surface area contributed by atoms with Crippen molar-refractivity contribution in [1.29, 1.82) is 0 Å². The van der Waals surface area contributed by atoms with Gasteiger partial charge in [-0.1, -0.05) is 6.07 Å². The van der Waals surface area contributed by atoms with E-state index in [2.05, 4.69) is 0 Å². The summed E-state index contributed by atoms with van der Waals surface area (Å²) in [6.07, 6.45) is 3.22. The van der Waals surface area contributed by atoms with Crippen molar-refractivity contribution in [2.45, 2.75) is 9.79 Å². The molecule has 0 saturated carbocycles. The van der Waals surface area contributed by atoms with Crippen molar-refractivity contribution < 1.29 is 8.42 Å². The first-order valence-corrected chi connectivity index (χ1v) is 6.50. The van der Waals surface area contributed by atoms with E-state index in [1.54, 1.807) is 36.8 Å². The lowest BCUT2D eigenvalue weighted by Crippen LogP contribution is -1.91. The van der Waals surface area contributed by atoms with Crippen molar-refractivity contribution in [2.75, 3.05) is 12.5 Å². The quantitative estimate of drug-likeness (QED) is 0.721. The molecule has 0 amide bonds. The van der Waals surface area contributed by atoms with Crippen molar-refractivity contribution in [2.24, 2.45) is 0 Å². The summed E-state index contributed by atoms with van der Waals surface area (Å²) in [6.45, 7) is 0. The molecule has 2 atom stereocenters. The highest BCUT2D eigenvalue weighted by molar-refractivity contribution is 7.85. The molecule has 0 radical (unpaired) electrons. The van der Waals surface area contributed by atoms with Crippen LogP contribution < -0.4 is 0 Å². The van der Waals surface area contributed by atoms with Crippen molar-refractivity contribution >= 4 is 21.6 Å². The molecule has 0 spiro atoms. The van der Waals surface area contributed by atoms with Gasteiger partial charge >= 0.3 is 0 Å². The van der Waals surface area contributed by atoms with E-state index in [4.69, 9.17) is 0 Å². The Bertz CT molecular complexity index is 304. The van der Waals surface area contributed by atoms with E-state index in [0.717, 1.165) is 9.79 Å². The second-order valence-electron chi connectivity index (χ2n) is 2.38. The van der Waals surface area contributed by atoms with Crippen LogP contribution in [-0.2, 0) is 21.6 Å². The van der Waals surface area contributed by atoms with E-state index in [-0.39, 0.29) is 0 Å². The fourth-order valence-corrected chi connectivity index (χ4v) is 2.03. The molecule has 0 saturated heterocycles. The molecule has 0 aliphatic heterocycles. The van der Waals surface area contributed by atoms with Gasteiger partial charge in [0.1, 0.15) is 0 Å². The minimum atomic E-state index is -0.990. The van der Waals surface area contributed by atoms with E-state index in [9.17, 15) is 8.42 Å². The summed E-state index contributed by atoms with van der Waals surface area (Å²) in [7, 11) is -1.98. The summed E-state index contributed by atoms with van der Waals surface area (Å²) in [5, 5.41) is 0. The standard InChI is InChI=1S/C8H10O2S2/c1-11(9)7-4-3-5-8(6-7)12(2)10/h3-6H,1-2H3. The zero-order valence-corrected chi connectivity index (χ0v) is 8.58. The molecule has 0 aliphatic rings. The first kappa shape index (κ1) is 9.61. The van der Waals surface area contributed by atoms with E-state index < -0.39 is 21.6 Å². The van der Waals surface area contributed by atoms with Crippen LogP contribution in [0.2, 0.25) is 0 Å². The third-order valence-corrected chi connectivity index (χ3v) is 3.30. The molecular formula is C8H10O2S2. The predicted octanol–water partition coefficient (Wildman–Crippen LogP) is 1.16. The van der Waals surface area contributed by atoms with Gasteiger partial charge in [0.15, 0.2) is 0 Å². The van der Waals surface area contributed by atoms with Gasteiger partial charge in [-0.15, -0.1) is 0 Å².